The summed E-state index contributed by atoms with van der Waals surface area (Å²) in [5.41, 5.74) is 4.00. The Bertz CT molecular complexity index is 1800. The number of fused-ring (bicyclic) bond motifs is 2. The van der Waals surface area contributed by atoms with Crippen LogP contribution in [0.2, 0.25) is 0 Å². The topological polar surface area (TPSA) is 98.1 Å². The SMILES string of the molecule is CN1C[C@H](F)C[C@H]1COc1nc2c(c(N3CCN(C(=O)OCc4ccccc4)C(CC#N)C3)n1)CCN(c1cccc3ccccc13)C2. The minimum absolute atomic E-state index is 0.0549. The molecule has 10 nitrogen and oxygen atoms in total. The van der Waals surface area contributed by atoms with Gasteiger partial charge in [0.15, 0.2) is 0 Å². The molecule has 7 rings (SSSR count). The standard InChI is InChI=1S/C37H40FN7O3/c1-42-21-28(38)20-30(42)25-47-36-40-33-23-43(34-13-7-11-27-10-5-6-12-31(27)34)17-15-32(33)35(41-36)44-18-19-45(29(22-44)14-16-39)37(46)48-24-26-8-3-2-4-9-26/h2-13,28-30H,14-15,17-25H2,1H3/t28-,29?,30+/m1/s1. The molecule has 0 aliphatic carbocycles. The highest BCUT2D eigenvalue weighted by Gasteiger charge is 2.35. The minimum Gasteiger partial charge on any atom is -0.462 e. The summed E-state index contributed by atoms with van der Waals surface area (Å²) in [7, 11) is 1.91. The van der Waals surface area contributed by atoms with E-state index in [2.05, 4.69) is 58.3 Å². The fraction of sp³-hybridized carbons (Fsp3) is 0.405. The van der Waals surface area contributed by atoms with E-state index in [1.165, 1.54) is 10.8 Å². The number of rotatable bonds is 8. The van der Waals surface area contributed by atoms with Gasteiger partial charge in [-0.3, -0.25) is 4.90 Å². The highest BCUT2D eigenvalue weighted by molar-refractivity contribution is 5.94. The molecule has 248 valence electrons. The van der Waals surface area contributed by atoms with Gasteiger partial charge in [0.2, 0.25) is 0 Å². The average molecular weight is 650 g/mol. The van der Waals surface area contributed by atoms with Gasteiger partial charge >= 0.3 is 12.1 Å². The zero-order chi connectivity index (χ0) is 33.0. The molecule has 3 aliphatic rings. The number of benzene rings is 3. The molecule has 1 unspecified atom stereocenters. The smallest absolute Gasteiger partial charge is 0.410 e. The third kappa shape index (κ3) is 6.71. The van der Waals surface area contributed by atoms with Crippen LogP contribution in [-0.4, -0.2) is 90.5 Å². The molecule has 0 N–H and O–H groups in total. The van der Waals surface area contributed by atoms with E-state index >= 15 is 0 Å². The Hall–Kier alpha value is -4.95. The number of amides is 1. The number of likely N-dealkylation sites (N-methyl/N-ethyl adjacent to an activating group) is 1. The summed E-state index contributed by atoms with van der Waals surface area (Å²) in [4.78, 5) is 31.2. The maximum atomic E-state index is 14.1. The Morgan fingerprint density at radius 1 is 0.958 bits per heavy atom. The van der Waals surface area contributed by atoms with Gasteiger partial charge in [0, 0.05) is 55.4 Å². The van der Waals surface area contributed by atoms with E-state index in [0.29, 0.717) is 45.8 Å². The van der Waals surface area contributed by atoms with Crippen LogP contribution in [0.15, 0.2) is 72.8 Å². The molecule has 0 bridgehead atoms. The number of hydrogen-bond acceptors (Lipinski definition) is 9. The first kappa shape index (κ1) is 31.6. The van der Waals surface area contributed by atoms with Crippen LogP contribution >= 0.6 is 0 Å². The van der Waals surface area contributed by atoms with E-state index in [9.17, 15) is 14.4 Å². The molecule has 2 saturated heterocycles. The normalized spacial score (nSPS) is 21.2. The van der Waals surface area contributed by atoms with Crippen LogP contribution in [0.3, 0.4) is 0 Å². The largest absolute Gasteiger partial charge is 0.462 e. The number of nitriles is 1. The fourth-order valence-electron chi connectivity index (χ4n) is 7.15. The van der Waals surface area contributed by atoms with Crippen molar-refractivity contribution in [1.82, 2.24) is 19.8 Å². The molecule has 1 aromatic heterocycles. The van der Waals surface area contributed by atoms with Crippen LogP contribution in [0.5, 0.6) is 6.01 Å². The van der Waals surface area contributed by atoms with E-state index in [0.717, 1.165) is 41.3 Å². The molecule has 3 atom stereocenters. The minimum atomic E-state index is -0.870. The molecule has 11 heteroatoms. The first-order valence-corrected chi connectivity index (χ1v) is 16.7. The Labute approximate surface area is 280 Å². The van der Waals surface area contributed by atoms with Crippen molar-refractivity contribution >= 4 is 28.4 Å². The van der Waals surface area contributed by atoms with Crippen molar-refractivity contribution in [1.29, 1.82) is 5.26 Å². The zero-order valence-corrected chi connectivity index (χ0v) is 27.2. The number of alkyl halides is 1. The summed E-state index contributed by atoms with van der Waals surface area (Å²) in [5, 5.41) is 12.1. The lowest BCUT2D eigenvalue weighted by molar-refractivity contribution is 0.0767. The fourth-order valence-corrected chi connectivity index (χ4v) is 7.15. The Kier molecular flexibility index (Phi) is 9.25. The summed E-state index contributed by atoms with van der Waals surface area (Å²) in [6.45, 7) is 3.57. The Balaban J connectivity index is 1.15. The molecule has 1 amide bonds. The van der Waals surface area contributed by atoms with Gasteiger partial charge in [-0.25, -0.2) is 9.18 Å². The molecule has 2 fully saturated rings. The van der Waals surface area contributed by atoms with Crippen LogP contribution in [-0.2, 0) is 24.3 Å². The van der Waals surface area contributed by atoms with E-state index in [4.69, 9.17) is 19.4 Å². The Morgan fingerprint density at radius 2 is 1.77 bits per heavy atom. The third-order valence-electron chi connectivity index (χ3n) is 9.72. The van der Waals surface area contributed by atoms with Gasteiger partial charge < -0.3 is 24.2 Å². The molecule has 3 aliphatic heterocycles. The zero-order valence-electron chi connectivity index (χ0n) is 27.2. The van der Waals surface area contributed by atoms with E-state index in [-0.39, 0.29) is 31.1 Å². The van der Waals surface area contributed by atoms with Gasteiger partial charge in [0.1, 0.15) is 25.2 Å². The van der Waals surface area contributed by atoms with E-state index in [1.54, 1.807) is 4.90 Å². The maximum absolute atomic E-state index is 14.1. The summed E-state index contributed by atoms with van der Waals surface area (Å²) in [6.07, 6.45) is 0.0173. The van der Waals surface area contributed by atoms with Crippen molar-refractivity contribution in [2.45, 2.75) is 50.7 Å². The van der Waals surface area contributed by atoms with Crippen LogP contribution in [0.1, 0.15) is 29.7 Å². The molecule has 4 heterocycles. The quantitative estimate of drug-likeness (QED) is 0.250. The highest BCUT2D eigenvalue weighted by Crippen LogP contribution is 2.35. The lowest BCUT2D eigenvalue weighted by Gasteiger charge is -2.42. The molecular formula is C37H40FN7O3. The molecule has 48 heavy (non-hydrogen) atoms. The van der Waals surface area contributed by atoms with E-state index in [1.807, 2.05) is 42.3 Å². The molecule has 3 aromatic carbocycles. The van der Waals surface area contributed by atoms with Gasteiger partial charge in [-0.2, -0.15) is 15.2 Å². The number of carbonyl (C=O) groups excluding carboxylic acids is 1. The summed E-state index contributed by atoms with van der Waals surface area (Å²) >= 11 is 0. The predicted octanol–water partition coefficient (Wildman–Crippen LogP) is 5.35. The van der Waals surface area contributed by atoms with Crippen LogP contribution < -0.4 is 14.5 Å². The van der Waals surface area contributed by atoms with Gasteiger partial charge in [-0.1, -0.05) is 66.7 Å². The van der Waals surface area contributed by atoms with Gasteiger partial charge in [0.05, 0.1) is 30.8 Å². The summed E-state index contributed by atoms with van der Waals surface area (Å²) in [6, 6.07) is 26.4. The van der Waals surface area contributed by atoms with Gasteiger partial charge in [0.25, 0.3) is 0 Å². The van der Waals surface area contributed by atoms with Gasteiger partial charge in [-0.15, -0.1) is 0 Å². The lowest BCUT2D eigenvalue weighted by Crippen LogP contribution is -2.55. The van der Waals surface area contributed by atoms with Gasteiger partial charge in [-0.05, 0) is 36.9 Å². The number of nitrogens with zero attached hydrogens (tertiary/aromatic N) is 7. The summed E-state index contributed by atoms with van der Waals surface area (Å²) in [5.74, 6) is 0.774. The third-order valence-corrected chi connectivity index (χ3v) is 9.72. The maximum Gasteiger partial charge on any atom is 0.410 e. The molecular weight excluding hydrogens is 609 g/mol. The molecule has 0 radical (unpaired) electrons. The van der Waals surface area contributed by atoms with Crippen LogP contribution in [0, 0.1) is 11.3 Å². The van der Waals surface area contributed by atoms with Crippen molar-refractivity contribution in [3.8, 4) is 12.1 Å². The number of ether oxygens (including phenoxy) is 2. The number of hydrogen-bond donors (Lipinski definition) is 0. The number of likely N-dealkylation sites (tertiary alicyclic amines) is 1. The number of aromatic nitrogens is 2. The van der Waals surface area contributed by atoms with Crippen molar-refractivity contribution in [2.75, 3.05) is 56.2 Å². The van der Waals surface area contributed by atoms with Crippen molar-refractivity contribution < 1.29 is 18.7 Å². The van der Waals surface area contributed by atoms with Crippen molar-refractivity contribution in [3.05, 3.63) is 89.6 Å². The summed E-state index contributed by atoms with van der Waals surface area (Å²) < 4.78 is 26.0. The monoisotopic (exact) mass is 649 g/mol. The van der Waals surface area contributed by atoms with E-state index < -0.39 is 12.3 Å². The number of halogens is 1. The van der Waals surface area contributed by atoms with Crippen LogP contribution in [0.25, 0.3) is 10.8 Å². The second-order valence-corrected chi connectivity index (χ2v) is 12.9. The number of piperazine rings is 1. The van der Waals surface area contributed by atoms with Crippen molar-refractivity contribution in [3.63, 3.8) is 0 Å². The number of carbonyl (C=O) groups is 1. The molecule has 4 aromatic rings. The first-order chi connectivity index (χ1) is 23.5. The second kappa shape index (κ2) is 14.0. The van der Waals surface area contributed by atoms with Crippen LogP contribution in [0.4, 0.5) is 20.7 Å². The predicted molar refractivity (Wildman–Crippen MR) is 182 cm³/mol. The molecule has 0 saturated carbocycles. The number of anilines is 2. The Morgan fingerprint density at radius 3 is 2.58 bits per heavy atom. The average Bonchev–Trinajstić information content (AvgIpc) is 3.45. The lowest BCUT2D eigenvalue weighted by atomic mass is 10.0. The second-order valence-electron chi connectivity index (χ2n) is 12.9. The highest BCUT2D eigenvalue weighted by atomic mass is 19.1. The molecule has 0 spiro atoms. The first-order valence-electron chi connectivity index (χ1n) is 16.7. The van der Waals surface area contributed by atoms with Crippen molar-refractivity contribution in [2.24, 2.45) is 0 Å².